The zero-order chi connectivity index (χ0) is 29.0. The first-order valence-electron chi connectivity index (χ1n) is 13.4. The second-order valence-corrected chi connectivity index (χ2v) is 10.6. The topological polar surface area (TPSA) is 124 Å². The van der Waals surface area contributed by atoms with E-state index in [1.165, 1.54) is 6.07 Å². The van der Waals surface area contributed by atoms with E-state index in [2.05, 4.69) is 4.74 Å². The average Bonchev–Trinajstić information content (AvgIpc) is 3.20. The number of phenols is 1. The summed E-state index contributed by atoms with van der Waals surface area (Å²) < 4.78 is 4.66. The first kappa shape index (κ1) is 29.5. The Labute approximate surface area is 238 Å². The number of aliphatic hydroxyl groups is 2. The fourth-order valence-electron chi connectivity index (χ4n) is 5.99. The van der Waals surface area contributed by atoms with Crippen LogP contribution in [0, 0.1) is 17.8 Å². The fraction of sp³-hybridized carbons (Fsp3) is 0.387. The van der Waals surface area contributed by atoms with Crippen LogP contribution in [-0.4, -0.2) is 57.9 Å². The van der Waals surface area contributed by atoms with Crippen molar-refractivity contribution in [3.8, 4) is 5.75 Å². The van der Waals surface area contributed by atoms with Crippen molar-refractivity contribution in [2.45, 2.75) is 45.1 Å². The average molecular weight is 568 g/mol. The number of methoxy groups -OCH3 is 1. The molecule has 3 amide bonds. The van der Waals surface area contributed by atoms with Gasteiger partial charge >= 0.3 is 6.09 Å². The van der Waals surface area contributed by atoms with Crippen LogP contribution in [0.1, 0.15) is 50.2 Å². The first-order valence-corrected chi connectivity index (χ1v) is 13.8. The molecular weight excluding hydrogens is 534 g/mol. The van der Waals surface area contributed by atoms with Crippen LogP contribution >= 0.6 is 11.6 Å². The van der Waals surface area contributed by atoms with Crippen molar-refractivity contribution in [3.63, 3.8) is 0 Å². The number of fused-ring (bicyclic) bond motifs is 1. The molecule has 0 unspecified atom stereocenters. The van der Waals surface area contributed by atoms with E-state index in [0.29, 0.717) is 33.9 Å². The molecule has 1 aliphatic carbocycles. The van der Waals surface area contributed by atoms with Crippen molar-refractivity contribution >= 4 is 41.2 Å². The van der Waals surface area contributed by atoms with Gasteiger partial charge < -0.3 is 20.1 Å². The summed E-state index contributed by atoms with van der Waals surface area (Å²) in [7, 11) is 1.10. The molecule has 0 radical (unpaired) electrons. The van der Waals surface area contributed by atoms with Gasteiger partial charge in [-0.15, -0.1) is 0 Å². The minimum Gasteiger partial charge on any atom is -0.508 e. The Hall–Kier alpha value is -3.46. The second kappa shape index (κ2) is 12.8. The van der Waals surface area contributed by atoms with Gasteiger partial charge in [-0.25, -0.2) is 4.79 Å². The van der Waals surface area contributed by atoms with Gasteiger partial charge in [-0.1, -0.05) is 60.9 Å². The maximum Gasteiger partial charge on any atom is 0.423 e. The summed E-state index contributed by atoms with van der Waals surface area (Å²) in [5.74, 6) is -3.78. The molecule has 4 atom stereocenters. The molecular formula is C31H34ClNO7. The van der Waals surface area contributed by atoms with E-state index in [9.17, 15) is 29.7 Å². The van der Waals surface area contributed by atoms with Crippen LogP contribution in [0.2, 0.25) is 5.02 Å². The molecule has 212 valence electrons. The van der Waals surface area contributed by atoms with Crippen LogP contribution in [0.25, 0.3) is 11.6 Å². The van der Waals surface area contributed by atoms with Gasteiger partial charge in [0, 0.05) is 5.92 Å². The fourth-order valence-corrected chi connectivity index (χ4v) is 6.22. The molecule has 9 heteroatoms. The number of hydrogen-bond acceptors (Lipinski definition) is 7. The highest BCUT2D eigenvalue weighted by Gasteiger charge is 2.57. The van der Waals surface area contributed by atoms with Crippen molar-refractivity contribution < 1.29 is 34.4 Å². The number of rotatable bonds is 9. The highest BCUT2D eigenvalue weighted by atomic mass is 35.5. The Morgan fingerprint density at radius 3 is 2.52 bits per heavy atom. The van der Waals surface area contributed by atoms with E-state index in [1.807, 2.05) is 43.3 Å². The quantitative estimate of drug-likeness (QED) is 0.216. The minimum absolute atomic E-state index is 0.0607. The largest absolute Gasteiger partial charge is 0.508 e. The van der Waals surface area contributed by atoms with Gasteiger partial charge in [0.25, 0.3) is 0 Å². The molecule has 1 fully saturated rings. The maximum absolute atomic E-state index is 13.2. The summed E-state index contributed by atoms with van der Waals surface area (Å²) in [6.45, 7) is 1.54. The molecule has 2 aliphatic rings. The molecule has 2 aromatic carbocycles. The molecule has 4 rings (SSSR count). The number of hydrogen-bond donors (Lipinski definition) is 3. The summed E-state index contributed by atoms with van der Waals surface area (Å²) in [5, 5.41) is 32.1. The number of likely N-dealkylation sites (tertiary alicyclic amines) is 1. The third kappa shape index (κ3) is 5.84. The smallest absolute Gasteiger partial charge is 0.423 e. The number of nitrogens with zero attached hydrogens (tertiary/aromatic N) is 1. The van der Waals surface area contributed by atoms with Crippen LogP contribution in [0.4, 0.5) is 4.79 Å². The number of imide groups is 3. The number of aliphatic hydroxyl groups excluding tert-OH is 2. The molecule has 0 aromatic heterocycles. The Morgan fingerprint density at radius 2 is 1.90 bits per heavy atom. The third-order valence-electron chi connectivity index (χ3n) is 7.79. The standard InChI is InChI=1S/C31H34ClNO7/c1-3-7-21-15-23-28(30(38)33(29(23)37)31(39)40-2)24(17-34)27(21)26(36)13-11-19(18-8-5-4-6-9-18)14-20-10-12-22(35)16-25(20)32/h4-6,8-10,12,14,16,23-24,26,28,34-36H,3,7,11,13,15,17H2,1-2H3/b19-14-/t23-,24+,26-,28-/m1/s1. The van der Waals surface area contributed by atoms with Crippen molar-refractivity contribution in [2.24, 2.45) is 17.8 Å². The summed E-state index contributed by atoms with van der Waals surface area (Å²) in [6, 6.07) is 14.4. The number of ether oxygens (including phenoxy) is 1. The van der Waals surface area contributed by atoms with E-state index in [4.69, 9.17) is 11.6 Å². The number of phenolic OH excluding ortho intramolecular Hbond substituents is 1. The summed E-state index contributed by atoms with van der Waals surface area (Å²) in [4.78, 5) is 39.0. The molecule has 8 nitrogen and oxygen atoms in total. The number of amides is 3. The van der Waals surface area contributed by atoms with Gasteiger partial charge in [-0.2, -0.15) is 4.90 Å². The third-order valence-corrected chi connectivity index (χ3v) is 8.12. The summed E-state index contributed by atoms with van der Waals surface area (Å²) >= 11 is 6.37. The molecule has 2 aromatic rings. The van der Waals surface area contributed by atoms with Crippen LogP contribution in [0.3, 0.4) is 0 Å². The lowest BCUT2D eigenvalue weighted by atomic mass is 9.67. The van der Waals surface area contributed by atoms with Gasteiger partial charge in [0.2, 0.25) is 11.8 Å². The number of carbonyl (C=O) groups is 3. The van der Waals surface area contributed by atoms with Crippen molar-refractivity contribution in [1.29, 1.82) is 0 Å². The Kier molecular flexibility index (Phi) is 9.45. The van der Waals surface area contributed by atoms with E-state index < -0.39 is 48.4 Å². The van der Waals surface area contributed by atoms with Crippen LogP contribution < -0.4 is 0 Å². The molecule has 40 heavy (non-hydrogen) atoms. The van der Waals surface area contributed by atoms with Crippen LogP contribution in [-0.2, 0) is 14.3 Å². The highest BCUT2D eigenvalue weighted by molar-refractivity contribution is 6.32. The van der Waals surface area contributed by atoms with Gasteiger partial charge in [-0.05, 0) is 72.2 Å². The summed E-state index contributed by atoms with van der Waals surface area (Å²) in [6.07, 6.45) is 2.20. The SMILES string of the molecule is CCCC1=C([C@H](O)CC/C(=C/c2ccc(O)cc2Cl)c2ccccc2)[C@H](CO)[C@@H]2C(=O)N(C(=O)OC)C(=O)[C@@H]2C1. The monoisotopic (exact) mass is 567 g/mol. The number of allylic oxidation sites excluding steroid dienone is 2. The molecule has 1 saturated heterocycles. The zero-order valence-corrected chi connectivity index (χ0v) is 23.3. The van der Waals surface area contributed by atoms with E-state index >= 15 is 0 Å². The van der Waals surface area contributed by atoms with Gasteiger partial charge in [-0.3, -0.25) is 9.59 Å². The predicted octanol–water partition coefficient (Wildman–Crippen LogP) is 5.20. The lowest BCUT2D eigenvalue weighted by Crippen LogP contribution is -2.40. The van der Waals surface area contributed by atoms with Crippen LogP contribution in [0.5, 0.6) is 5.75 Å². The van der Waals surface area contributed by atoms with Crippen molar-refractivity contribution in [2.75, 3.05) is 13.7 Å². The second-order valence-electron chi connectivity index (χ2n) is 10.2. The number of carbonyl (C=O) groups excluding carboxylic acids is 3. The number of benzene rings is 2. The van der Waals surface area contributed by atoms with Gasteiger partial charge in [0.15, 0.2) is 0 Å². The predicted molar refractivity (Wildman–Crippen MR) is 151 cm³/mol. The van der Waals surface area contributed by atoms with Crippen LogP contribution in [0.15, 0.2) is 59.7 Å². The Morgan fingerprint density at radius 1 is 1.18 bits per heavy atom. The molecule has 1 heterocycles. The minimum atomic E-state index is -1.04. The van der Waals surface area contributed by atoms with Gasteiger partial charge in [0.05, 0.1) is 36.7 Å². The molecule has 1 aliphatic heterocycles. The van der Waals surface area contributed by atoms with Crippen molar-refractivity contribution in [1.82, 2.24) is 4.90 Å². The van der Waals surface area contributed by atoms with E-state index in [0.717, 1.165) is 30.2 Å². The first-order chi connectivity index (χ1) is 19.2. The number of aromatic hydroxyl groups is 1. The Bertz CT molecular complexity index is 1340. The number of halogens is 1. The van der Waals surface area contributed by atoms with E-state index in [-0.39, 0.29) is 18.6 Å². The molecule has 0 saturated carbocycles. The van der Waals surface area contributed by atoms with Crippen molar-refractivity contribution in [3.05, 3.63) is 75.8 Å². The maximum atomic E-state index is 13.2. The summed E-state index contributed by atoms with van der Waals surface area (Å²) in [5.41, 5.74) is 3.98. The molecule has 0 spiro atoms. The lowest BCUT2D eigenvalue weighted by Gasteiger charge is -2.36. The zero-order valence-electron chi connectivity index (χ0n) is 22.5. The van der Waals surface area contributed by atoms with E-state index in [1.54, 1.807) is 12.1 Å². The Balaban J connectivity index is 1.66. The lowest BCUT2D eigenvalue weighted by molar-refractivity contribution is -0.137. The normalized spacial score (nSPS) is 22.0. The highest BCUT2D eigenvalue weighted by Crippen LogP contribution is 2.47. The van der Waals surface area contributed by atoms with Gasteiger partial charge in [0.1, 0.15) is 5.75 Å². The molecule has 3 N–H and O–H groups in total. The molecule has 0 bridgehead atoms.